The summed E-state index contributed by atoms with van der Waals surface area (Å²) in [6.45, 7) is 6.62. The Morgan fingerprint density at radius 3 is 2.77 bits per heavy atom. The number of aromatic nitrogens is 2. The van der Waals surface area contributed by atoms with Crippen LogP contribution in [-0.2, 0) is 6.42 Å². The molecule has 2 aliphatic rings. The second kappa shape index (κ2) is 7.00. The molecule has 1 aliphatic carbocycles. The topological polar surface area (TPSA) is 34.9 Å². The summed E-state index contributed by atoms with van der Waals surface area (Å²) in [6.07, 6.45) is 8.10. The molecule has 0 spiro atoms. The van der Waals surface area contributed by atoms with E-state index in [1.165, 1.54) is 19.3 Å². The molecule has 2 unspecified atom stereocenters. The summed E-state index contributed by atoms with van der Waals surface area (Å²) in [5, 5.41) is 1.96. The molecule has 0 saturated heterocycles. The third-order valence-corrected chi connectivity index (χ3v) is 7.18. The van der Waals surface area contributed by atoms with E-state index in [-0.39, 0.29) is 5.56 Å². The first-order valence-corrected chi connectivity index (χ1v) is 10.3. The number of hydrogen-bond acceptors (Lipinski definition) is 4. The zero-order valence-electron chi connectivity index (χ0n) is 13.8. The fraction of sp³-hybridized carbons (Fsp3) is 0.765. The minimum atomic E-state index is 0.233. The molecule has 3 rings (SSSR count). The van der Waals surface area contributed by atoms with Crippen LogP contribution in [0.5, 0.6) is 0 Å². The lowest BCUT2D eigenvalue weighted by molar-refractivity contribution is 0.320. The van der Waals surface area contributed by atoms with Gasteiger partial charge in [-0.2, -0.15) is 0 Å². The van der Waals surface area contributed by atoms with Crippen molar-refractivity contribution in [3.05, 3.63) is 16.0 Å². The fourth-order valence-electron chi connectivity index (χ4n) is 3.32. The number of hydrogen-bond donors (Lipinski definition) is 0. The van der Waals surface area contributed by atoms with Crippen molar-refractivity contribution in [1.82, 2.24) is 9.55 Å². The second-order valence-electron chi connectivity index (χ2n) is 6.61. The van der Waals surface area contributed by atoms with Crippen molar-refractivity contribution in [2.24, 2.45) is 0 Å². The van der Waals surface area contributed by atoms with Crippen molar-refractivity contribution in [1.29, 1.82) is 0 Å². The molecule has 1 aromatic heterocycles. The summed E-state index contributed by atoms with van der Waals surface area (Å²) in [4.78, 5) is 18.9. The lowest BCUT2D eigenvalue weighted by Gasteiger charge is -2.27. The normalized spacial score (nSPS) is 23.5. The van der Waals surface area contributed by atoms with Gasteiger partial charge >= 0.3 is 0 Å². The van der Waals surface area contributed by atoms with E-state index in [2.05, 4.69) is 25.3 Å². The zero-order chi connectivity index (χ0) is 15.7. The Kier molecular flexibility index (Phi) is 5.23. The van der Waals surface area contributed by atoms with Crippen LogP contribution in [0.25, 0.3) is 0 Å². The van der Waals surface area contributed by atoms with Gasteiger partial charge in [0.15, 0.2) is 5.16 Å². The summed E-state index contributed by atoms with van der Waals surface area (Å²) in [5.74, 6) is 0. The smallest absolute Gasteiger partial charge is 0.268 e. The van der Waals surface area contributed by atoms with Gasteiger partial charge in [0.1, 0.15) is 0 Å². The standard InChI is InChI=1S/C17H26N2OS2/c1-4-11(2)22-17-18-14-10-12(3)21-15(14)16(20)19(17)13-8-6-5-7-9-13/h11-13H,4-10H2,1-3H3. The SMILES string of the molecule is CCC(C)Sc1nc2c(c(=O)n1C1CCCCC1)SC(C)C2. The van der Waals surface area contributed by atoms with Gasteiger partial charge in [-0.3, -0.25) is 9.36 Å². The van der Waals surface area contributed by atoms with Gasteiger partial charge in [0.2, 0.25) is 0 Å². The van der Waals surface area contributed by atoms with Gasteiger partial charge in [0.25, 0.3) is 5.56 Å². The van der Waals surface area contributed by atoms with Gasteiger partial charge in [-0.15, -0.1) is 11.8 Å². The van der Waals surface area contributed by atoms with Crippen LogP contribution in [0.15, 0.2) is 14.8 Å². The minimum Gasteiger partial charge on any atom is -0.284 e. The van der Waals surface area contributed by atoms with Crippen molar-refractivity contribution < 1.29 is 0 Å². The predicted octanol–water partition coefficient (Wildman–Crippen LogP) is 4.68. The molecule has 3 nitrogen and oxygen atoms in total. The largest absolute Gasteiger partial charge is 0.284 e. The lowest BCUT2D eigenvalue weighted by Crippen LogP contribution is -2.30. The number of rotatable bonds is 4. The maximum atomic E-state index is 13.1. The van der Waals surface area contributed by atoms with E-state index >= 15 is 0 Å². The third kappa shape index (κ3) is 3.25. The van der Waals surface area contributed by atoms with Gasteiger partial charge in [-0.05, 0) is 19.3 Å². The average Bonchev–Trinajstić information content (AvgIpc) is 2.89. The molecule has 122 valence electrons. The molecule has 0 aromatic carbocycles. The van der Waals surface area contributed by atoms with E-state index in [0.29, 0.717) is 16.5 Å². The maximum absolute atomic E-state index is 13.1. The minimum absolute atomic E-state index is 0.233. The van der Waals surface area contributed by atoms with Crippen molar-refractivity contribution in [2.75, 3.05) is 0 Å². The summed E-state index contributed by atoms with van der Waals surface area (Å²) in [5.41, 5.74) is 1.28. The molecular weight excluding hydrogens is 312 g/mol. The molecule has 0 radical (unpaired) electrons. The van der Waals surface area contributed by atoms with Crippen LogP contribution in [0.2, 0.25) is 0 Å². The van der Waals surface area contributed by atoms with E-state index in [1.54, 1.807) is 23.5 Å². The molecule has 1 saturated carbocycles. The van der Waals surface area contributed by atoms with Crippen LogP contribution in [0.4, 0.5) is 0 Å². The van der Waals surface area contributed by atoms with Gasteiger partial charge in [-0.1, -0.05) is 51.8 Å². The molecule has 1 aliphatic heterocycles. The van der Waals surface area contributed by atoms with Crippen molar-refractivity contribution in [3.63, 3.8) is 0 Å². The third-order valence-electron chi connectivity index (χ3n) is 4.73. The molecule has 2 atom stereocenters. The van der Waals surface area contributed by atoms with E-state index in [1.807, 2.05) is 0 Å². The molecule has 0 bridgehead atoms. The number of thioether (sulfide) groups is 2. The van der Waals surface area contributed by atoms with E-state index in [9.17, 15) is 4.79 Å². The van der Waals surface area contributed by atoms with Gasteiger partial charge in [0.05, 0.1) is 10.6 Å². The van der Waals surface area contributed by atoms with E-state index < -0.39 is 0 Å². The van der Waals surface area contributed by atoms with Gasteiger partial charge < -0.3 is 0 Å². The van der Waals surface area contributed by atoms with Crippen LogP contribution < -0.4 is 5.56 Å². The summed E-state index contributed by atoms with van der Waals surface area (Å²) in [6, 6.07) is 0.363. The Morgan fingerprint density at radius 1 is 1.36 bits per heavy atom. The summed E-state index contributed by atoms with van der Waals surface area (Å²) >= 11 is 3.51. The Balaban J connectivity index is 2.04. The molecule has 5 heteroatoms. The Bertz CT molecular complexity index is 593. The first-order chi connectivity index (χ1) is 10.6. The first-order valence-electron chi connectivity index (χ1n) is 8.58. The van der Waals surface area contributed by atoms with E-state index in [0.717, 1.165) is 41.4 Å². The Hall–Kier alpha value is -0.420. The van der Waals surface area contributed by atoms with E-state index in [4.69, 9.17) is 4.98 Å². The molecule has 1 aromatic rings. The highest BCUT2D eigenvalue weighted by Crippen LogP contribution is 2.37. The van der Waals surface area contributed by atoms with Crippen molar-refractivity contribution in [3.8, 4) is 0 Å². The highest BCUT2D eigenvalue weighted by Gasteiger charge is 2.29. The van der Waals surface area contributed by atoms with Gasteiger partial charge in [0, 0.05) is 23.0 Å². The lowest BCUT2D eigenvalue weighted by atomic mass is 9.95. The van der Waals surface area contributed by atoms with Crippen LogP contribution in [-0.4, -0.2) is 20.1 Å². The number of fused-ring (bicyclic) bond motifs is 1. The zero-order valence-corrected chi connectivity index (χ0v) is 15.4. The highest BCUT2D eigenvalue weighted by atomic mass is 32.2. The average molecular weight is 339 g/mol. The summed E-state index contributed by atoms with van der Waals surface area (Å²) in [7, 11) is 0. The monoisotopic (exact) mass is 338 g/mol. The van der Waals surface area contributed by atoms with Crippen molar-refractivity contribution in [2.45, 2.75) is 92.3 Å². The predicted molar refractivity (Wildman–Crippen MR) is 95.3 cm³/mol. The van der Waals surface area contributed by atoms with Crippen LogP contribution in [0.3, 0.4) is 0 Å². The highest BCUT2D eigenvalue weighted by molar-refractivity contribution is 8.00. The molecule has 1 fully saturated rings. The van der Waals surface area contributed by atoms with Crippen LogP contribution in [0.1, 0.15) is 71.0 Å². The number of nitrogens with zero attached hydrogens (tertiary/aromatic N) is 2. The molecule has 0 amide bonds. The molecule has 2 heterocycles. The fourth-order valence-corrected chi connectivity index (χ4v) is 5.46. The molecule has 22 heavy (non-hydrogen) atoms. The Labute approximate surface area is 141 Å². The van der Waals surface area contributed by atoms with Crippen LogP contribution >= 0.6 is 23.5 Å². The van der Waals surface area contributed by atoms with Crippen LogP contribution in [0, 0.1) is 0 Å². The first kappa shape index (κ1) is 16.4. The maximum Gasteiger partial charge on any atom is 0.268 e. The quantitative estimate of drug-likeness (QED) is 0.590. The molecular formula is C17H26N2OS2. The summed E-state index contributed by atoms with van der Waals surface area (Å²) < 4.78 is 2.06. The molecule has 0 N–H and O–H groups in total. The van der Waals surface area contributed by atoms with Gasteiger partial charge in [-0.25, -0.2) is 4.98 Å². The Morgan fingerprint density at radius 2 is 2.09 bits per heavy atom. The van der Waals surface area contributed by atoms with Crippen molar-refractivity contribution >= 4 is 23.5 Å². The second-order valence-corrected chi connectivity index (χ2v) is 9.46.